The number of rotatable bonds is 5. The Morgan fingerprint density at radius 1 is 1.39 bits per heavy atom. The standard InChI is InChI=1S/C13H15BrFN3/c1-2-7-18-11(5-6-17-18)9-16-13-8-10(15)3-4-12(13)14/h3-6,8,16H,2,7,9H2,1H3. The molecule has 0 saturated heterocycles. The van der Waals surface area contributed by atoms with Crippen molar-refractivity contribution in [3.63, 3.8) is 0 Å². The lowest BCUT2D eigenvalue weighted by molar-refractivity contribution is 0.578. The van der Waals surface area contributed by atoms with Crippen LogP contribution in [0.5, 0.6) is 0 Å². The van der Waals surface area contributed by atoms with Crippen molar-refractivity contribution >= 4 is 21.6 Å². The van der Waals surface area contributed by atoms with Gasteiger partial charge >= 0.3 is 0 Å². The summed E-state index contributed by atoms with van der Waals surface area (Å²) in [4.78, 5) is 0. The number of hydrogen-bond acceptors (Lipinski definition) is 2. The minimum absolute atomic E-state index is 0.247. The van der Waals surface area contributed by atoms with Gasteiger partial charge in [-0.05, 0) is 46.6 Å². The van der Waals surface area contributed by atoms with Gasteiger partial charge in [0.1, 0.15) is 5.82 Å². The van der Waals surface area contributed by atoms with Gasteiger partial charge in [0.15, 0.2) is 0 Å². The highest BCUT2D eigenvalue weighted by Crippen LogP contribution is 2.23. The largest absolute Gasteiger partial charge is 0.378 e. The summed E-state index contributed by atoms with van der Waals surface area (Å²) in [6, 6.07) is 6.57. The van der Waals surface area contributed by atoms with Gasteiger partial charge in [-0.2, -0.15) is 5.10 Å². The Hall–Kier alpha value is -1.36. The highest BCUT2D eigenvalue weighted by molar-refractivity contribution is 9.10. The summed E-state index contributed by atoms with van der Waals surface area (Å²) in [5.74, 6) is -0.247. The van der Waals surface area contributed by atoms with Gasteiger partial charge in [0.2, 0.25) is 0 Å². The lowest BCUT2D eigenvalue weighted by atomic mass is 10.3. The molecule has 0 atom stereocenters. The van der Waals surface area contributed by atoms with Gasteiger partial charge in [0.05, 0.1) is 17.9 Å². The van der Waals surface area contributed by atoms with Crippen molar-refractivity contribution in [2.75, 3.05) is 5.32 Å². The lowest BCUT2D eigenvalue weighted by Gasteiger charge is -2.10. The minimum atomic E-state index is -0.247. The minimum Gasteiger partial charge on any atom is -0.378 e. The average molecular weight is 312 g/mol. The molecule has 0 fully saturated rings. The third-order valence-corrected chi connectivity index (χ3v) is 3.32. The van der Waals surface area contributed by atoms with Crippen molar-refractivity contribution in [2.45, 2.75) is 26.4 Å². The van der Waals surface area contributed by atoms with E-state index in [1.54, 1.807) is 12.3 Å². The molecule has 2 rings (SSSR count). The molecule has 0 aliphatic heterocycles. The van der Waals surface area contributed by atoms with Crippen LogP contribution in [0.2, 0.25) is 0 Å². The molecule has 0 bridgehead atoms. The smallest absolute Gasteiger partial charge is 0.125 e. The summed E-state index contributed by atoms with van der Waals surface area (Å²) < 4.78 is 15.9. The molecule has 0 unspecified atom stereocenters. The van der Waals surface area contributed by atoms with Crippen LogP contribution in [0.25, 0.3) is 0 Å². The van der Waals surface area contributed by atoms with Crippen molar-refractivity contribution in [1.29, 1.82) is 0 Å². The summed E-state index contributed by atoms with van der Waals surface area (Å²) >= 11 is 3.39. The maximum atomic E-state index is 13.1. The summed E-state index contributed by atoms with van der Waals surface area (Å²) in [5, 5.41) is 7.46. The number of aromatic nitrogens is 2. The summed E-state index contributed by atoms with van der Waals surface area (Å²) in [6.45, 7) is 3.64. The fraction of sp³-hybridized carbons (Fsp3) is 0.308. The Morgan fingerprint density at radius 2 is 2.22 bits per heavy atom. The second kappa shape index (κ2) is 6.00. The van der Waals surface area contributed by atoms with Crippen LogP contribution in [0.15, 0.2) is 34.9 Å². The molecule has 96 valence electrons. The van der Waals surface area contributed by atoms with Crippen LogP contribution in [-0.4, -0.2) is 9.78 Å². The zero-order valence-electron chi connectivity index (χ0n) is 10.2. The van der Waals surface area contributed by atoms with E-state index in [9.17, 15) is 4.39 Å². The van der Waals surface area contributed by atoms with Crippen LogP contribution in [-0.2, 0) is 13.1 Å². The molecule has 0 radical (unpaired) electrons. The third kappa shape index (κ3) is 3.10. The zero-order chi connectivity index (χ0) is 13.0. The summed E-state index contributed by atoms with van der Waals surface area (Å²) in [5.41, 5.74) is 1.84. The molecule has 1 N–H and O–H groups in total. The summed E-state index contributed by atoms with van der Waals surface area (Å²) in [7, 11) is 0. The van der Waals surface area contributed by atoms with Crippen molar-refractivity contribution in [2.24, 2.45) is 0 Å². The molecule has 0 aliphatic rings. The van der Waals surface area contributed by atoms with Gasteiger partial charge in [-0.1, -0.05) is 6.92 Å². The fourth-order valence-electron chi connectivity index (χ4n) is 1.74. The number of hydrogen-bond donors (Lipinski definition) is 1. The number of halogens is 2. The predicted molar refractivity (Wildman–Crippen MR) is 73.9 cm³/mol. The Bertz CT molecular complexity index is 525. The molecule has 1 aromatic heterocycles. The molecule has 18 heavy (non-hydrogen) atoms. The molecule has 2 aromatic rings. The maximum absolute atomic E-state index is 13.1. The Balaban J connectivity index is 2.06. The first kappa shape index (κ1) is 13.1. The summed E-state index contributed by atoms with van der Waals surface area (Å²) in [6.07, 6.45) is 2.83. The topological polar surface area (TPSA) is 29.9 Å². The van der Waals surface area contributed by atoms with Crippen LogP contribution in [0.4, 0.5) is 10.1 Å². The highest BCUT2D eigenvalue weighted by atomic mass is 79.9. The normalized spacial score (nSPS) is 10.6. The Kier molecular flexibility index (Phi) is 4.36. The van der Waals surface area contributed by atoms with E-state index in [4.69, 9.17) is 0 Å². The maximum Gasteiger partial charge on any atom is 0.125 e. The predicted octanol–water partition coefficient (Wildman–Crippen LogP) is 3.81. The average Bonchev–Trinajstić information content (AvgIpc) is 2.78. The van der Waals surface area contributed by atoms with Crippen LogP contribution in [0, 0.1) is 5.82 Å². The lowest BCUT2D eigenvalue weighted by Crippen LogP contribution is -2.09. The van der Waals surface area contributed by atoms with Crippen LogP contribution in [0.3, 0.4) is 0 Å². The van der Waals surface area contributed by atoms with Crippen molar-refractivity contribution in [1.82, 2.24) is 9.78 Å². The quantitative estimate of drug-likeness (QED) is 0.910. The van der Waals surface area contributed by atoms with E-state index < -0.39 is 0 Å². The second-order valence-electron chi connectivity index (χ2n) is 4.02. The van der Waals surface area contributed by atoms with Crippen molar-refractivity contribution < 1.29 is 4.39 Å². The molecule has 0 amide bonds. The number of anilines is 1. The Morgan fingerprint density at radius 3 is 3.00 bits per heavy atom. The number of benzene rings is 1. The Labute approximate surface area is 114 Å². The van der Waals surface area contributed by atoms with Gasteiger partial charge < -0.3 is 5.32 Å². The monoisotopic (exact) mass is 311 g/mol. The van der Waals surface area contributed by atoms with E-state index in [0.717, 1.165) is 28.8 Å². The first-order valence-electron chi connectivity index (χ1n) is 5.90. The molecule has 5 heteroatoms. The van der Waals surface area contributed by atoms with Crippen LogP contribution < -0.4 is 5.32 Å². The molecule has 1 heterocycles. The molecule has 0 aliphatic carbocycles. The highest BCUT2D eigenvalue weighted by Gasteiger charge is 2.04. The number of nitrogens with zero attached hydrogens (tertiary/aromatic N) is 2. The molecular formula is C13H15BrFN3. The van der Waals surface area contributed by atoms with E-state index in [2.05, 4.69) is 33.3 Å². The molecule has 3 nitrogen and oxygen atoms in total. The second-order valence-corrected chi connectivity index (χ2v) is 4.88. The molecule has 0 saturated carbocycles. The number of aryl methyl sites for hydroxylation is 1. The fourth-order valence-corrected chi connectivity index (χ4v) is 2.13. The molecule has 1 aromatic carbocycles. The van der Waals surface area contributed by atoms with Crippen molar-refractivity contribution in [3.8, 4) is 0 Å². The van der Waals surface area contributed by atoms with Crippen LogP contribution >= 0.6 is 15.9 Å². The number of nitrogens with one attached hydrogen (secondary N) is 1. The van der Waals surface area contributed by atoms with Gasteiger partial charge in [0.25, 0.3) is 0 Å². The van der Waals surface area contributed by atoms with Gasteiger partial charge in [0, 0.05) is 17.2 Å². The first-order chi connectivity index (χ1) is 8.70. The van der Waals surface area contributed by atoms with Crippen molar-refractivity contribution in [3.05, 3.63) is 46.4 Å². The van der Waals surface area contributed by atoms with E-state index in [-0.39, 0.29) is 5.82 Å². The van der Waals surface area contributed by atoms with E-state index in [1.807, 2.05) is 10.7 Å². The van der Waals surface area contributed by atoms with E-state index in [0.29, 0.717) is 6.54 Å². The van der Waals surface area contributed by atoms with Gasteiger partial charge in [-0.3, -0.25) is 4.68 Å². The van der Waals surface area contributed by atoms with E-state index in [1.165, 1.54) is 12.1 Å². The van der Waals surface area contributed by atoms with Crippen LogP contribution in [0.1, 0.15) is 19.0 Å². The zero-order valence-corrected chi connectivity index (χ0v) is 11.7. The van der Waals surface area contributed by atoms with E-state index >= 15 is 0 Å². The third-order valence-electron chi connectivity index (χ3n) is 2.63. The molecular weight excluding hydrogens is 297 g/mol. The molecule has 0 spiro atoms. The van der Waals surface area contributed by atoms with Gasteiger partial charge in [-0.15, -0.1) is 0 Å². The first-order valence-corrected chi connectivity index (χ1v) is 6.69. The van der Waals surface area contributed by atoms with Gasteiger partial charge in [-0.25, -0.2) is 4.39 Å². The SMILES string of the molecule is CCCn1nccc1CNc1cc(F)ccc1Br.